The Balaban J connectivity index is 2.40. The molecule has 0 aliphatic carbocycles. The maximum atomic E-state index is 12.2. The molecule has 0 bridgehead atoms. The van der Waals surface area contributed by atoms with E-state index in [9.17, 15) is 4.79 Å². The zero-order valence-electron chi connectivity index (χ0n) is 15.3. The summed E-state index contributed by atoms with van der Waals surface area (Å²) in [5.41, 5.74) is -0.281. The minimum Gasteiger partial charge on any atom is -0.444 e. The lowest BCUT2D eigenvalue weighted by molar-refractivity contribution is 0.0244. The zero-order valence-corrected chi connectivity index (χ0v) is 15.3. The van der Waals surface area contributed by atoms with Gasteiger partial charge >= 0.3 is 6.09 Å². The van der Waals surface area contributed by atoms with Crippen molar-refractivity contribution in [3.63, 3.8) is 0 Å². The molecule has 1 rings (SSSR count). The summed E-state index contributed by atoms with van der Waals surface area (Å²) in [4.78, 5) is 14.1. The molecule has 1 atom stereocenters. The number of likely N-dealkylation sites (tertiary alicyclic amines) is 1. The molecule has 0 aromatic carbocycles. The minimum absolute atomic E-state index is 0.147. The Morgan fingerprint density at radius 1 is 1.14 bits per heavy atom. The minimum atomic E-state index is -0.428. The molecule has 1 heterocycles. The van der Waals surface area contributed by atoms with E-state index in [2.05, 4.69) is 31.4 Å². The van der Waals surface area contributed by atoms with Crippen LogP contribution in [0.1, 0.15) is 60.8 Å². The molecular formula is C17H35N3O2. The van der Waals surface area contributed by atoms with E-state index >= 15 is 0 Å². The van der Waals surface area contributed by atoms with Crippen LogP contribution in [-0.4, -0.2) is 54.4 Å². The van der Waals surface area contributed by atoms with Crippen molar-refractivity contribution in [3.05, 3.63) is 0 Å². The summed E-state index contributed by atoms with van der Waals surface area (Å²) in [6.45, 7) is 15.6. The van der Waals surface area contributed by atoms with Gasteiger partial charge in [-0.1, -0.05) is 6.42 Å². The van der Waals surface area contributed by atoms with Crippen LogP contribution in [0.15, 0.2) is 0 Å². The predicted octanol–water partition coefficient (Wildman–Crippen LogP) is 2.75. The highest BCUT2D eigenvalue weighted by Gasteiger charge is 2.26. The molecule has 1 unspecified atom stereocenters. The van der Waals surface area contributed by atoms with Gasteiger partial charge in [0.25, 0.3) is 0 Å². The summed E-state index contributed by atoms with van der Waals surface area (Å²) >= 11 is 0. The quantitative estimate of drug-likeness (QED) is 0.784. The number of hydrogen-bond acceptors (Lipinski definition) is 4. The number of amides is 1. The van der Waals surface area contributed by atoms with Crippen LogP contribution in [0.4, 0.5) is 4.79 Å². The Bertz CT molecular complexity index is 345. The van der Waals surface area contributed by atoms with E-state index in [0.717, 1.165) is 45.4 Å². The molecule has 0 aromatic rings. The van der Waals surface area contributed by atoms with Crippen LogP contribution >= 0.6 is 0 Å². The van der Waals surface area contributed by atoms with Gasteiger partial charge in [0.15, 0.2) is 0 Å². The van der Waals surface area contributed by atoms with Crippen LogP contribution in [0.5, 0.6) is 0 Å². The van der Waals surface area contributed by atoms with E-state index in [4.69, 9.17) is 4.74 Å². The van der Waals surface area contributed by atoms with E-state index in [1.807, 2.05) is 25.7 Å². The van der Waals surface area contributed by atoms with Crippen molar-refractivity contribution in [2.24, 2.45) is 0 Å². The third-order valence-electron chi connectivity index (χ3n) is 3.54. The molecular weight excluding hydrogens is 278 g/mol. The SMILES string of the molecule is CC(C)(C)NCCNC1CCCCN(C(=O)OC(C)(C)C)C1. The average Bonchev–Trinajstić information content (AvgIpc) is 2.57. The van der Waals surface area contributed by atoms with Gasteiger partial charge in [0, 0.05) is 37.8 Å². The standard InChI is InChI=1S/C17H35N3O2/c1-16(2,3)19-11-10-18-14-9-7-8-12-20(13-14)15(21)22-17(4,5)6/h14,18-19H,7-13H2,1-6H3. The third kappa shape index (κ3) is 8.59. The summed E-state index contributed by atoms with van der Waals surface area (Å²) in [7, 11) is 0. The highest BCUT2D eigenvalue weighted by molar-refractivity contribution is 5.68. The van der Waals surface area contributed by atoms with Gasteiger partial charge in [0.1, 0.15) is 5.60 Å². The van der Waals surface area contributed by atoms with Gasteiger partial charge in [0.05, 0.1) is 0 Å². The van der Waals surface area contributed by atoms with Gasteiger partial charge in [-0.15, -0.1) is 0 Å². The summed E-state index contributed by atoms with van der Waals surface area (Å²) in [6, 6.07) is 0.358. The molecule has 130 valence electrons. The molecule has 5 heteroatoms. The summed E-state index contributed by atoms with van der Waals surface area (Å²) in [5.74, 6) is 0. The largest absolute Gasteiger partial charge is 0.444 e. The summed E-state index contributed by atoms with van der Waals surface area (Å²) < 4.78 is 5.50. The van der Waals surface area contributed by atoms with E-state index < -0.39 is 5.60 Å². The number of ether oxygens (including phenoxy) is 1. The van der Waals surface area contributed by atoms with Gasteiger partial charge in [-0.25, -0.2) is 4.79 Å². The lowest BCUT2D eigenvalue weighted by atomic mass is 10.1. The van der Waals surface area contributed by atoms with Crippen molar-refractivity contribution >= 4 is 6.09 Å². The first-order chi connectivity index (χ1) is 10.1. The lowest BCUT2D eigenvalue weighted by Crippen LogP contribution is -2.47. The molecule has 0 radical (unpaired) electrons. The van der Waals surface area contributed by atoms with Gasteiger partial charge in [-0.05, 0) is 54.4 Å². The zero-order chi connectivity index (χ0) is 16.8. The van der Waals surface area contributed by atoms with Gasteiger partial charge < -0.3 is 20.3 Å². The first kappa shape index (κ1) is 19.2. The van der Waals surface area contributed by atoms with Gasteiger partial charge in [-0.3, -0.25) is 0 Å². The Hall–Kier alpha value is -0.810. The van der Waals surface area contributed by atoms with Crippen LogP contribution in [0.3, 0.4) is 0 Å². The molecule has 1 aliphatic heterocycles. The first-order valence-electron chi connectivity index (χ1n) is 8.53. The van der Waals surface area contributed by atoms with Gasteiger partial charge in [-0.2, -0.15) is 0 Å². The van der Waals surface area contributed by atoms with E-state index in [1.165, 1.54) is 0 Å². The van der Waals surface area contributed by atoms with E-state index in [0.29, 0.717) is 6.04 Å². The molecule has 1 amide bonds. The molecule has 2 N–H and O–H groups in total. The van der Waals surface area contributed by atoms with Crippen LogP contribution < -0.4 is 10.6 Å². The Labute approximate surface area is 136 Å². The van der Waals surface area contributed by atoms with E-state index in [-0.39, 0.29) is 11.6 Å². The molecule has 5 nitrogen and oxygen atoms in total. The van der Waals surface area contributed by atoms with Crippen LogP contribution in [-0.2, 0) is 4.74 Å². The van der Waals surface area contributed by atoms with Crippen LogP contribution in [0, 0.1) is 0 Å². The number of rotatable bonds is 4. The Morgan fingerprint density at radius 2 is 1.82 bits per heavy atom. The second kappa shape index (κ2) is 8.16. The van der Waals surface area contributed by atoms with Crippen molar-refractivity contribution in [1.82, 2.24) is 15.5 Å². The third-order valence-corrected chi connectivity index (χ3v) is 3.54. The van der Waals surface area contributed by atoms with Crippen molar-refractivity contribution in [2.45, 2.75) is 78.0 Å². The van der Waals surface area contributed by atoms with Crippen molar-refractivity contribution in [2.75, 3.05) is 26.2 Å². The van der Waals surface area contributed by atoms with Crippen LogP contribution in [0.25, 0.3) is 0 Å². The molecule has 22 heavy (non-hydrogen) atoms. The maximum Gasteiger partial charge on any atom is 0.410 e. The number of nitrogens with one attached hydrogen (secondary N) is 2. The maximum absolute atomic E-state index is 12.2. The van der Waals surface area contributed by atoms with Gasteiger partial charge in [0.2, 0.25) is 0 Å². The Morgan fingerprint density at radius 3 is 2.41 bits per heavy atom. The van der Waals surface area contributed by atoms with Crippen molar-refractivity contribution in [1.29, 1.82) is 0 Å². The number of nitrogens with zero attached hydrogens (tertiary/aromatic N) is 1. The first-order valence-corrected chi connectivity index (χ1v) is 8.53. The fraction of sp³-hybridized carbons (Fsp3) is 0.941. The number of hydrogen-bond donors (Lipinski definition) is 2. The molecule has 0 spiro atoms. The van der Waals surface area contributed by atoms with Crippen LogP contribution in [0.2, 0.25) is 0 Å². The van der Waals surface area contributed by atoms with Crippen molar-refractivity contribution < 1.29 is 9.53 Å². The molecule has 1 saturated heterocycles. The fourth-order valence-corrected chi connectivity index (χ4v) is 2.51. The summed E-state index contributed by atoms with van der Waals surface area (Å²) in [5, 5.41) is 7.04. The highest BCUT2D eigenvalue weighted by Crippen LogP contribution is 2.15. The molecule has 0 aromatic heterocycles. The van der Waals surface area contributed by atoms with Crippen molar-refractivity contribution in [3.8, 4) is 0 Å². The normalized spacial score (nSPS) is 20.6. The lowest BCUT2D eigenvalue weighted by Gasteiger charge is -2.29. The summed E-state index contributed by atoms with van der Waals surface area (Å²) in [6.07, 6.45) is 3.14. The highest BCUT2D eigenvalue weighted by atomic mass is 16.6. The second-order valence-electron chi connectivity index (χ2n) is 8.25. The predicted molar refractivity (Wildman–Crippen MR) is 91.2 cm³/mol. The molecule has 1 aliphatic rings. The average molecular weight is 313 g/mol. The topological polar surface area (TPSA) is 53.6 Å². The molecule has 0 saturated carbocycles. The Kier molecular flexibility index (Phi) is 7.13. The smallest absolute Gasteiger partial charge is 0.410 e. The second-order valence-corrected chi connectivity index (χ2v) is 8.25. The molecule has 1 fully saturated rings. The fourth-order valence-electron chi connectivity index (χ4n) is 2.51. The number of carbonyl (C=O) groups excluding carboxylic acids is 1. The number of carbonyl (C=O) groups is 1. The van der Waals surface area contributed by atoms with E-state index in [1.54, 1.807) is 0 Å². The monoisotopic (exact) mass is 313 g/mol.